The van der Waals surface area contributed by atoms with E-state index in [1.165, 1.54) is 0 Å². The first-order valence-corrected chi connectivity index (χ1v) is 13.0. The van der Waals surface area contributed by atoms with Crippen molar-refractivity contribution in [3.8, 4) is 0 Å². The summed E-state index contributed by atoms with van der Waals surface area (Å²) >= 11 is 5.99. The second-order valence-electron chi connectivity index (χ2n) is 8.55. The van der Waals surface area contributed by atoms with Gasteiger partial charge in [0.05, 0.1) is 17.1 Å². The van der Waals surface area contributed by atoms with Crippen molar-refractivity contribution in [2.75, 3.05) is 24.7 Å². The molecule has 1 unspecified atom stereocenters. The van der Waals surface area contributed by atoms with Gasteiger partial charge < -0.3 is 9.64 Å². The predicted octanol–water partition coefficient (Wildman–Crippen LogP) is 4.10. The first kappa shape index (κ1) is 25.0. The highest BCUT2D eigenvalue weighted by molar-refractivity contribution is 7.91. The molecule has 0 aromatic heterocycles. The van der Waals surface area contributed by atoms with Crippen molar-refractivity contribution >= 4 is 45.0 Å². The molecule has 6 nitrogen and oxygen atoms in total. The summed E-state index contributed by atoms with van der Waals surface area (Å²) in [5.74, 6) is -0.869. The van der Waals surface area contributed by atoms with Crippen LogP contribution in [-0.4, -0.2) is 55.9 Å². The van der Waals surface area contributed by atoms with Crippen molar-refractivity contribution in [3.63, 3.8) is 0 Å². The second kappa shape index (κ2) is 11.0. The fourth-order valence-electron chi connectivity index (χ4n) is 3.76. The Labute approximate surface area is 200 Å². The molecule has 1 heterocycles. The van der Waals surface area contributed by atoms with Crippen molar-refractivity contribution < 1.29 is 22.7 Å². The maximum atomic E-state index is 13.0. The van der Waals surface area contributed by atoms with Gasteiger partial charge >= 0.3 is 5.97 Å². The van der Waals surface area contributed by atoms with Gasteiger partial charge in [0.1, 0.15) is 0 Å². The third kappa shape index (κ3) is 7.17. The van der Waals surface area contributed by atoms with Crippen molar-refractivity contribution in [2.24, 2.45) is 5.92 Å². The Hall–Kier alpha value is -2.64. The van der Waals surface area contributed by atoms with Crippen molar-refractivity contribution in [2.45, 2.75) is 26.3 Å². The average molecular weight is 490 g/mol. The molecule has 0 radical (unpaired) electrons. The summed E-state index contributed by atoms with van der Waals surface area (Å²) in [6.07, 6.45) is 2.10. The maximum Gasteiger partial charge on any atom is 0.339 e. The van der Waals surface area contributed by atoms with Crippen LogP contribution in [0, 0.1) is 5.92 Å². The number of nitrogens with zero attached hydrogens (tertiary/aromatic N) is 1. The Morgan fingerprint density at radius 3 is 2.36 bits per heavy atom. The lowest BCUT2D eigenvalue weighted by Gasteiger charge is -2.29. The van der Waals surface area contributed by atoms with Gasteiger partial charge in [0.15, 0.2) is 16.4 Å². The Bertz CT molecular complexity index is 1110. The average Bonchev–Trinajstić information content (AvgIpc) is 3.14. The minimum atomic E-state index is -3.15. The first-order chi connectivity index (χ1) is 15.6. The van der Waals surface area contributed by atoms with Crippen LogP contribution in [0.3, 0.4) is 0 Å². The number of carbonyl (C=O) groups is 2. The topological polar surface area (TPSA) is 80.8 Å². The van der Waals surface area contributed by atoms with E-state index >= 15 is 0 Å². The SMILES string of the molecule is CC(C)CN(C(=O)COC(=O)/C(=C/c1ccccc1)c1ccc(Cl)cc1)C1CCS(=O)(=O)C1. The lowest BCUT2D eigenvalue weighted by Crippen LogP contribution is -2.45. The maximum absolute atomic E-state index is 13.0. The van der Waals surface area contributed by atoms with Crippen molar-refractivity contribution in [1.29, 1.82) is 0 Å². The van der Waals surface area contributed by atoms with Crippen LogP contribution in [-0.2, 0) is 24.2 Å². The fourth-order valence-corrected chi connectivity index (χ4v) is 5.62. The molecule has 8 heteroatoms. The minimum Gasteiger partial charge on any atom is -0.452 e. The van der Waals surface area contributed by atoms with Gasteiger partial charge in [0.2, 0.25) is 0 Å². The summed E-state index contributed by atoms with van der Waals surface area (Å²) in [5.41, 5.74) is 1.72. The van der Waals surface area contributed by atoms with Gasteiger partial charge in [-0.05, 0) is 41.7 Å². The number of esters is 1. The van der Waals surface area contributed by atoms with Crippen LogP contribution in [0.4, 0.5) is 0 Å². The molecule has 0 spiro atoms. The van der Waals surface area contributed by atoms with Gasteiger partial charge in [0.25, 0.3) is 5.91 Å². The number of rotatable bonds is 8. The molecule has 2 aromatic carbocycles. The number of hydrogen-bond acceptors (Lipinski definition) is 5. The number of ether oxygens (including phenoxy) is 1. The van der Waals surface area contributed by atoms with Crippen LogP contribution >= 0.6 is 11.6 Å². The second-order valence-corrected chi connectivity index (χ2v) is 11.2. The molecule has 33 heavy (non-hydrogen) atoms. The van der Waals surface area contributed by atoms with E-state index in [9.17, 15) is 18.0 Å². The third-order valence-corrected chi connectivity index (χ3v) is 7.35. The number of amides is 1. The molecule has 1 aliphatic heterocycles. The summed E-state index contributed by atoms with van der Waals surface area (Å²) in [7, 11) is -3.15. The Morgan fingerprint density at radius 1 is 1.12 bits per heavy atom. The van der Waals surface area contributed by atoms with Crippen LogP contribution in [0.1, 0.15) is 31.4 Å². The Balaban J connectivity index is 1.77. The van der Waals surface area contributed by atoms with Gasteiger partial charge in [-0.3, -0.25) is 4.79 Å². The Kier molecular flexibility index (Phi) is 8.32. The molecule has 1 saturated heterocycles. The molecule has 2 aromatic rings. The highest BCUT2D eigenvalue weighted by Gasteiger charge is 2.35. The molecule has 0 aliphatic carbocycles. The summed E-state index contributed by atoms with van der Waals surface area (Å²) in [4.78, 5) is 27.5. The predicted molar refractivity (Wildman–Crippen MR) is 130 cm³/mol. The van der Waals surface area contributed by atoms with Gasteiger partial charge in [-0.25, -0.2) is 13.2 Å². The molecule has 3 rings (SSSR count). The molecule has 0 saturated carbocycles. The van der Waals surface area contributed by atoms with Gasteiger partial charge in [-0.2, -0.15) is 0 Å². The number of hydrogen-bond donors (Lipinski definition) is 0. The van der Waals surface area contributed by atoms with E-state index < -0.39 is 28.3 Å². The monoisotopic (exact) mass is 489 g/mol. The minimum absolute atomic E-state index is 0.0522. The van der Waals surface area contributed by atoms with Crippen LogP contribution < -0.4 is 0 Å². The lowest BCUT2D eigenvalue weighted by atomic mass is 10.0. The number of benzene rings is 2. The summed E-state index contributed by atoms with van der Waals surface area (Å²) < 4.78 is 29.3. The summed E-state index contributed by atoms with van der Waals surface area (Å²) in [6, 6.07) is 15.7. The van der Waals surface area contributed by atoms with Crippen molar-refractivity contribution in [3.05, 3.63) is 70.7 Å². The zero-order valence-electron chi connectivity index (χ0n) is 18.7. The zero-order valence-corrected chi connectivity index (χ0v) is 20.3. The molecular weight excluding hydrogens is 462 g/mol. The molecule has 1 fully saturated rings. The molecule has 1 amide bonds. The van der Waals surface area contributed by atoms with Crippen LogP contribution in [0.2, 0.25) is 5.02 Å². The van der Waals surface area contributed by atoms with E-state index in [1.54, 1.807) is 35.2 Å². The van der Waals surface area contributed by atoms with E-state index in [0.717, 1.165) is 5.56 Å². The Morgan fingerprint density at radius 2 is 1.79 bits per heavy atom. The first-order valence-electron chi connectivity index (χ1n) is 10.8. The van der Waals surface area contributed by atoms with Gasteiger partial charge in [-0.1, -0.05) is 67.9 Å². The number of sulfone groups is 1. The smallest absolute Gasteiger partial charge is 0.339 e. The fraction of sp³-hybridized carbons (Fsp3) is 0.360. The molecule has 176 valence electrons. The standard InChI is InChI=1S/C25H28ClNO5S/c1-18(2)15-27(22-12-13-33(30,31)17-22)24(28)16-32-25(29)23(14-19-6-4-3-5-7-19)20-8-10-21(26)11-9-20/h3-11,14,18,22H,12-13,15-17H2,1-2H3/b23-14+. The normalized spacial score (nSPS) is 17.7. The third-order valence-electron chi connectivity index (χ3n) is 5.34. The zero-order chi connectivity index (χ0) is 24.0. The molecule has 1 aliphatic rings. The highest BCUT2D eigenvalue weighted by atomic mass is 35.5. The number of carbonyl (C=O) groups excluding carboxylic acids is 2. The molecular formula is C25H28ClNO5S. The van der Waals surface area contributed by atoms with Crippen molar-refractivity contribution in [1.82, 2.24) is 4.90 Å². The van der Waals surface area contributed by atoms with Crippen LogP contribution in [0.15, 0.2) is 54.6 Å². The van der Waals surface area contributed by atoms with E-state index in [4.69, 9.17) is 16.3 Å². The van der Waals surface area contributed by atoms with E-state index in [1.807, 2.05) is 44.2 Å². The number of halogens is 1. The van der Waals surface area contributed by atoms with Gasteiger partial charge in [-0.15, -0.1) is 0 Å². The molecule has 0 N–H and O–H groups in total. The van der Waals surface area contributed by atoms with Crippen LogP contribution in [0.5, 0.6) is 0 Å². The molecule has 0 bridgehead atoms. The van der Waals surface area contributed by atoms with Crippen LogP contribution in [0.25, 0.3) is 11.6 Å². The lowest BCUT2D eigenvalue weighted by molar-refractivity contribution is -0.148. The van der Waals surface area contributed by atoms with E-state index in [2.05, 4.69) is 0 Å². The quantitative estimate of drug-likeness (QED) is 0.317. The largest absolute Gasteiger partial charge is 0.452 e. The van der Waals surface area contributed by atoms with E-state index in [0.29, 0.717) is 29.1 Å². The van der Waals surface area contributed by atoms with E-state index in [-0.39, 0.29) is 23.5 Å². The van der Waals surface area contributed by atoms with Gasteiger partial charge in [0, 0.05) is 17.6 Å². The molecule has 1 atom stereocenters. The highest BCUT2D eigenvalue weighted by Crippen LogP contribution is 2.23. The summed E-state index contributed by atoms with van der Waals surface area (Å²) in [6.45, 7) is 3.86. The summed E-state index contributed by atoms with van der Waals surface area (Å²) in [5, 5.41) is 0.539.